The maximum Gasteiger partial charge on any atom is 0.330 e. The molecule has 0 bridgehead atoms. The van der Waals surface area contributed by atoms with Crippen molar-refractivity contribution in [3.05, 3.63) is 47.5 Å². The summed E-state index contributed by atoms with van der Waals surface area (Å²) >= 11 is 0. The molecule has 0 fully saturated rings. The second kappa shape index (κ2) is 11.4. The minimum atomic E-state index is -0.635. The first-order chi connectivity index (χ1) is 11.6. The van der Waals surface area contributed by atoms with Crippen molar-refractivity contribution < 1.29 is 19.5 Å². The van der Waals surface area contributed by atoms with Crippen LogP contribution in [-0.2, 0) is 27.3 Å². The van der Waals surface area contributed by atoms with Gasteiger partial charge in [-0.3, -0.25) is 10.0 Å². The fourth-order valence-electron chi connectivity index (χ4n) is 2.04. The van der Waals surface area contributed by atoms with Gasteiger partial charge in [-0.05, 0) is 36.9 Å². The lowest BCUT2D eigenvalue weighted by Crippen LogP contribution is -2.27. The number of carbonyl (C=O) groups excluding carboxylic acids is 2. The van der Waals surface area contributed by atoms with E-state index in [4.69, 9.17) is 0 Å². The van der Waals surface area contributed by atoms with Crippen LogP contribution in [0, 0.1) is 0 Å². The van der Waals surface area contributed by atoms with Gasteiger partial charge in [-0.25, -0.2) is 9.86 Å². The zero-order valence-electron chi connectivity index (χ0n) is 14.3. The number of hydrogen-bond acceptors (Lipinski definition) is 5. The predicted octanol–water partition coefficient (Wildman–Crippen LogP) is 2.07. The number of esters is 1. The third-order valence-corrected chi connectivity index (χ3v) is 3.55. The monoisotopic (exact) mass is 334 g/mol. The number of aryl methyl sites for hydroxylation is 1. The van der Waals surface area contributed by atoms with Gasteiger partial charge in [0.05, 0.1) is 7.11 Å². The van der Waals surface area contributed by atoms with Gasteiger partial charge in [0.1, 0.15) is 0 Å². The van der Waals surface area contributed by atoms with E-state index in [-0.39, 0.29) is 6.54 Å². The average Bonchev–Trinajstić information content (AvgIpc) is 2.62. The van der Waals surface area contributed by atoms with E-state index in [1.807, 2.05) is 0 Å². The predicted molar refractivity (Wildman–Crippen MR) is 91.4 cm³/mol. The van der Waals surface area contributed by atoms with Gasteiger partial charge in [-0.2, -0.15) is 0 Å². The van der Waals surface area contributed by atoms with Crippen molar-refractivity contribution in [1.29, 1.82) is 0 Å². The lowest BCUT2D eigenvalue weighted by Gasteiger charge is -2.12. The van der Waals surface area contributed by atoms with Crippen LogP contribution >= 0.6 is 0 Å². The smallest absolute Gasteiger partial charge is 0.330 e. The molecule has 0 atom stereocenters. The highest BCUT2D eigenvalue weighted by atomic mass is 16.5. The summed E-state index contributed by atoms with van der Waals surface area (Å²) in [6, 6.07) is 8.50. The van der Waals surface area contributed by atoms with Crippen molar-refractivity contribution in [2.75, 3.05) is 20.2 Å². The molecular formula is C18H26N2O4. The molecule has 1 rings (SSSR count). The Hall–Kier alpha value is -2.18. The molecule has 1 aromatic carbocycles. The number of rotatable bonds is 10. The molecule has 0 radical (unpaired) electrons. The van der Waals surface area contributed by atoms with E-state index < -0.39 is 11.9 Å². The Kier molecular flexibility index (Phi) is 9.41. The molecule has 0 aliphatic rings. The van der Waals surface area contributed by atoms with Gasteiger partial charge in [-0.15, -0.1) is 0 Å². The maximum atomic E-state index is 11.5. The number of hydroxylamine groups is 2. The lowest BCUT2D eigenvalue weighted by atomic mass is 10.1. The van der Waals surface area contributed by atoms with Crippen molar-refractivity contribution in [3.63, 3.8) is 0 Å². The summed E-state index contributed by atoms with van der Waals surface area (Å²) in [6.45, 7) is 3.95. The summed E-state index contributed by atoms with van der Waals surface area (Å²) in [5, 5.41) is 13.5. The Morgan fingerprint density at radius 2 is 1.83 bits per heavy atom. The van der Waals surface area contributed by atoms with E-state index in [0.717, 1.165) is 38.1 Å². The minimum Gasteiger partial charge on any atom is -0.466 e. The van der Waals surface area contributed by atoms with E-state index >= 15 is 0 Å². The van der Waals surface area contributed by atoms with Crippen LogP contribution in [-0.4, -0.2) is 42.3 Å². The molecule has 6 nitrogen and oxygen atoms in total. The van der Waals surface area contributed by atoms with Crippen LogP contribution in [0.2, 0.25) is 0 Å². The van der Waals surface area contributed by atoms with E-state index in [0.29, 0.717) is 11.5 Å². The van der Waals surface area contributed by atoms with Crippen molar-refractivity contribution in [2.45, 2.75) is 32.7 Å². The fraction of sp³-hybridized carbons (Fsp3) is 0.444. The third-order valence-electron chi connectivity index (χ3n) is 3.55. The highest BCUT2D eigenvalue weighted by Gasteiger charge is 2.07. The molecule has 6 heteroatoms. The highest BCUT2D eigenvalue weighted by Crippen LogP contribution is 2.04. The zero-order valence-corrected chi connectivity index (χ0v) is 14.3. The van der Waals surface area contributed by atoms with Crippen molar-refractivity contribution >= 4 is 11.9 Å². The molecule has 0 aromatic heterocycles. The summed E-state index contributed by atoms with van der Waals surface area (Å²) < 4.78 is 4.37. The Morgan fingerprint density at radius 3 is 2.46 bits per heavy atom. The van der Waals surface area contributed by atoms with Gasteiger partial charge in [-0.1, -0.05) is 31.2 Å². The van der Waals surface area contributed by atoms with E-state index in [2.05, 4.69) is 41.2 Å². The Labute approximate surface area is 143 Å². The van der Waals surface area contributed by atoms with E-state index in [9.17, 15) is 14.8 Å². The Morgan fingerprint density at radius 1 is 1.17 bits per heavy atom. The molecule has 0 saturated heterocycles. The van der Waals surface area contributed by atoms with Crippen molar-refractivity contribution in [2.24, 2.45) is 0 Å². The number of amides is 1. The Bertz CT molecular complexity index is 540. The van der Waals surface area contributed by atoms with Crippen LogP contribution in [0.15, 0.2) is 36.4 Å². The number of benzene rings is 1. The van der Waals surface area contributed by atoms with Crippen LogP contribution in [0.4, 0.5) is 0 Å². The van der Waals surface area contributed by atoms with Crippen LogP contribution in [0.3, 0.4) is 0 Å². The molecule has 0 aliphatic carbocycles. The molecule has 2 N–H and O–H groups in total. The number of carbonyl (C=O) groups is 2. The topological polar surface area (TPSA) is 78.9 Å². The van der Waals surface area contributed by atoms with Crippen LogP contribution < -0.4 is 5.32 Å². The number of unbranched alkanes of at least 4 members (excludes halogenated alkanes) is 1. The highest BCUT2D eigenvalue weighted by molar-refractivity contribution is 5.93. The first-order valence-electron chi connectivity index (χ1n) is 8.11. The average molecular weight is 334 g/mol. The molecule has 0 unspecified atom stereocenters. The number of nitrogens with zero attached hydrogens (tertiary/aromatic N) is 1. The normalized spacial score (nSPS) is 10.8. The van der Waals surface area contributed by atoms with Gasteiger partial charge in [0.15, 0.2) is 0 Å². The van der Waals surface area contributed by atoms with Crippen LogP contribution in [0.5, 0.6) is 0 Å². The fourth-order valence-corrected chi connectivity index (χ4v) is 2.04. The van der Waals surface area contributed by atoms with Gasteiger partial charge >= 0.3 is 5.97 Å². The largest absolute Gasteiger partial charge is 0.466 e. The van der Waals surface area contributed by atoms with Gasteiger partial charge < -0.3 is 10.1 Å². The minimum absolute atomic E-state index is 0.219. The molecule has 0 spiro atoms. The van der Waals surface area contributed by atoms with Gasteiger partial charge in [0.2, 0.25) is 0 Å². The van der Waals surface area contributed by atoms with Gasteiger partial charge in [0.25, 0.3) is 5.91 Å². The summed E-state index contributed by atoms with van der Waals surface area (Å²) in [7, 11) is 1.22. The second-order valence-electron chi connectivity index (χ2n) is 5.37. The summed E-state index contributed by atoms with van der Waals surface area (Å²) in [5.41, 5.74) is 2.56. The molecule has 1 aromatic rings. The zero-order chi connectivity index (χ0) is 17.8. The third kappa shape index (κ3) is 7.89. The first-order valence-corrected chi connectivity index (χ1v) is 8.11. The Balaban J connectivity index is 2.13. The SMILES string of the molecule is CCc1ccc(CNCCCCN(O)C(=O)/C=C/C(=O)OC)cc1. The number of hydrogen-bond donors (Lipinski definition) is 2. The van der Waals surface area contributed by atoms with Gasteiger partial charge in [0, 0.05) is 25.2 Å². The standard InChI is InChI=1S/C18H26N2O4/c1-3-15-6-8-16(9-7-15)14-19-12-4-5-13-20(23)17(21)10-11-18(22)24-2/h6-11,19,23H,3-5,12-14H2,1-2H3/b11-10+. The van der Waals surface area contributed by atoms with Crippen LogP contribution in [0.25, 0.3) is 0 Å². The molecule has 1 amide bonds. The second-order valence-corrected chi connectivity index (χ2v) is 5.37. The van der Waals surface area contributed by atoms with E-state index in [1.165, 1.54) is 18.2 Å². The summed E-state index contributed by atoms with van der Waals surface area (Å²) in [6.07, 6.45) is 4.51. The number of methoxy groups -OCH3 is 1. The summed E-state index contributed by atoms with van der Waals surface area (Å²) in [5.74, 6) is -1.27. The number of ether oxygens (including phenoxy) is 1. The molecule has 0 saturated carbocycles. The molecule has 0 aliphatic heterocycles. The molecule has 132 valence electrons. The van der Waals surface area contributed by atoms with Crippen LogP contribution in [0.1, 0.15) is 30.9 Å². The quantitative estimate of drug-likeness (QED) is 0.225. The summed E-state index contributed by atoms with van der Waals surface area (Å²) in [4.78, 5) is 22.3. The molecule has 0 heterocycles. The van der Waals surface area contributed by atoms with Crippen molar-refractivity contribution in [3.8, 4) is 0 Å². The lowest BCUT2D eigenvalue weighted by molar-refractivity contribution is -0.159. The number of nitrogens with one attached hydrogen (secondary N) is 1. The molecule has 24 heavy (non-hydrogen) atoms. The molecular weight excluding hydrogens is 308 g/mol. The van der Waals surface area contributed by atoms with Crippen molar-refractivity contribution in [1.82, 2.24) is 10.4 Å². The first kappa shape index (κ1) is 19.9. The maximum absolute atomic E-state index is 11.5. The van der Waals surface area contributed by atoms with E-state index in [1.54, 1.807) is 0 Å².